The first-order valence-corrected chi connectivity index (χ1v) is 9.60. The number of benzene rings is 1. The van der Waals surface area contributed by atoms with E-state index in [9.17, 15) is 4.39 Å². The van der Waals surface area contributed by atoms with Gasteiger partial charge in [0, 0.05) is 4.90 Å². The molecule has 1 nitrogen and oxygen atoms in total. The first-order valence-electron chi connectivity index (χ1n) is 4.74. The van der Waals surface area contributed by atoms with Gasteiger partial charge in [-0.2, -0.15) is 0 Å². The third-order valence-electron chi connectivity index (χ3n) is 1.58. The van der Waals surface area contributed by atoms with Crippen LogP contribution in [0.1, 0.15) is 13.8 Å². The van der Waals surface area contributed by atoms with E-state index in [1.54, 1.807) is 12.1 Å². The molecule has 0 aliphatic rings. The van der Waals surface area contributed by atoms with Gasteiger partial charge in [0.25, 0.3) is 0 Å². The topological polar surface area (TPSA) is 9.23 Å². The molecule has 0 spiro atoms. The summed E-state index contributed by atoms with van der Waals surface area (Å²) in [5.74, 6) is -0.256. The molecule has 0 fully saturated rings. The van der Waals surface area contributed by atoms with Crippen LogP contribution in [0, 0.1) is 5.82 Å². The first kappa shape index (κ1) is 14.5. The van der Waals surface area contributed by atoms with Gasteiger partial charge >= 0.3 is 0 Å². The summed E-state index contributed by atoms with van der Waals surface area (Å²) in [4.78, 5) is 0.894. The van der Waals surface area contributed by atoms with E-state index in [4.69, 9.17) is 27.9 Å². The van der Waals surface area contributed by atoms with Gasteiger partial charge in [0.1, 0.15) is 11.3 Å². The molecule has 1 aromatic carbocycles. The standard InChI is InChI=1S/C10H13ClFOPS2/c1-8(2)13-14(15,7-11)16-10-5-3-9(12)4-6-10/h3-6,8H,7H2,1-2H3. The monoisotopic (exact) mass is 298 g/mol. The Hall–Kier alpha value is 0.400. The molecule has 0 amide bonds. The van der Waals surface area contributed by atoms with Crippen molar-refractivity contribution in [2.24, 2.45) is 0 Å². The fourth-order valence-electron chi connectivity index (χ4n) is 1.05. The molecule has 0 aliphatic carbocycles. The zero-order valence-corrected chi connectivity index (χ0v) is 12.3. The van der Waals surface area contributed by atoms with E-state index in [1.165, 1.54) is 23.5 Å². The highest BCUT2D eigenvalue weighted by molar-refractivity contribution is 8.69. The molecule has 0 bridgehead atoms. The Kier molecular flexibility index (Phi) is 5.75. The lowest BCUT2D eigenvalue weighted by atomic mass is 10.4. The van der Waals surface area contributed by atoms with Crippen LogP contribution in [-0.2, 0) is 16.3 Å². The number of alkyl halides is 1. The Morgan fingerprint density at radius 1 is 1.44 bits per heavy atom. The summed E-state index contributed by atoms with van der Waals surface area (Å²) in [6.45, 7) is 3.86. The van der Waals surface area contributed by atoms with Crippen LogP contribution >= 0.6 is 28.4 Å². The van der Waals surface area contributed by atoms with Crippen molar-refractivity contribution < 1.29 is 8.91 Å². The van der Waals surface area contributed by atoms with E-state index in [2.05, 4.69) is 0 Å². The Balaban J connectivity index is 2.77. The van der Waals surface area contributed by atoms with Crippen molar-refractivity contribution in [2.45, 2.75) is 24.8 Å². The van der Waals surface area contributed by atoms with Crippen LogP contribution in [0.2, 0.25) is 0 Å². The van der Waals surface area contributed by atoms with Crippen molar-refractivity contribution in [2.75, 3.05) is 5.62 Å². The van der Waals surface area contributed by atoms with Gasteiger partial charge < -0.3 is 4.52 Å². The summed E-state index contributed by atoms with van der Waals surface area (Å²) >= 11 is 12.7. The lowest BCUT2D eigenvalue weighted by Gasteiger charge is -2.21. The fourth-order valence-corrected chi connectivity index (χ4v) is 6.44. The predicted molar refractivity (Wildman–Crippen MR) is 73.5 cm³/mol. The Labute approximate surface area is 110 Å². The molecule has 0 N–H and O–H groups in total. The van der Waals surface area contributed by atoms with Crippen molar-refractivity contribution in [3.8, 4) is 0 Å². The number of halogens is 2. The van der Waals surface area contributed by atoms with Gasteiger partial charge in [0.05, 0.1) is 11.7 Å². The Morgan fingerprint density at radius 2 is 2.00 bits per heavy atom. The molecular weight excluding hydrogens is 286 g/mol. The van der Waals surface area contributed by atoms with Crippen molar-refractivity contribution >= 4 is 40.3 Å². The van der Waals surface area contributed by atoms with Crippen LogP contribution < -0.4 is 0 Å². The number of rotatable bonds is 5. The Bertz CT molecular complexity index is 383. The van der Waals surface area contributed by atoms with E-state index in [0.29, 0.717) is 5.62 Å². The Morgan fingerprint density at radius 3 is 2.44 bits per heavy atom. The molecular formula is C10H13ClFOPS2. The number of hydrogen-bond acceptors (Lipinski definition) is 3. The predicted octanol–water partition coefficient (Wildman–Crippen LogP) is 4.85. The third kappa shape index (κ3) is 4.72. The van der Waals surface area contributed by atoms with Gasteiger partial charge in [-0.05, 0) is 38.1 Å². The molecule has 6 heteroatoms. The van der Waals surface area contributed by atoms with Crippen LogP contribution in [0.4, 0.5) is 4.39 Å². The van der Waals surface area contributed by atoms with E-state index in [0.717, 1.165) is 4.90 Å². The molecule has 1 rings (SSSR count). The van der Waals surface area contributed by atoms with Crippen molar-refractivity contribution in [1.82, 2.24) is 0 Å². The SMILES string of the molecule is CC(C)OP(=S)(CCl)Sc1ccc(F)cc1. The second kappa shape index (κ2) is 6.36. The van der Waals surface area contributed by atoms with Crippen LogP contribution in [-0.4, -0.2) is 11.7 Å². The maximum Gasteiger partial charge on any atom is 0.138 e. The second-order valence-electron chi connectivity index (χ2n) is 3.43. The first-order chi connectivity index (χ1) is 7.45. The molecule has 0 aliphatic heterocycles. The van der Waals surface area contributed by atoms with E-state index >= 15 is 0 Å². The summed E-state index contributed by atoms with van der Waals surface area (Å²) in [7, 11) is 0. The van der Waals surface area contributed by atoms with Crippen molar-refractivity contribution in [1.29, 1.82) is 0 Å². The normalized spacial score (nSPS) is 15.1. The average molecular weight is 299 g/mol. The molecule has 0 saturated heterocycles. The number of hydrogen-bond donors (Lipinski definition) is 0. The van der Waals surface area contributed by atoms with Crippen LogP contribution in [0.3, 0.4) is 0 Å². The van der Waals surface area contributed by atoms with Crippen LogP contribution in [0.25, 0.3) is 0 Å². The largest absolute Gasteiger partial charge is 0.337 e. The molecule has 0 aromatic heterocycles. The maximum absolute atomic E-state index is 12.7. The van der Waals surface area contributed by atoms with E-state index < -0.39 is 5.47 Å². The molecule has 0 heterocycles. The lowest BCUT2D eigenvalue weighted by molar-refractivity contribution is 0.277. The van der Waals surface area contributed by atoms with Gasteiger partial charge in [0.2, 0.25) is 0 Å². The molecule has 1 aromatic rings. The zero-order valence-electron chi connectivity index (χ0n) is 9.02. The fraction of sp³-hybridized carbons (Fsp3) is 0.400. The van der Waals surface area contributed by atoms with Crippen LogP contribution in [0.5, 0.6) is 0 Å². The smallest absolute Gasteiger partial charge is 0.138 e. The summed E-state index contributed by atoms with van der Waals surface area (Å²) in [5.41, 5.74) is -1.79. The van der Waals surface area contributed by atoms with Gasteiger partial charge in [0.15, 0.2) is 0 Å². The quantitative estimate of drug-likeness (QED) is 0.568. The molecule has 0 radical (unpaired) electrons. The van der Waals surface area contributed by atoms with Crippen molar-refractivity contribution in [3.05, 3.63) is 30.1 Å². The summed E-state index contributed by atoms with van der Waals surface area (Å²) < 4.78 is 18.4. The highest BCUT2D eigenvalue weighted by Crippen LogP contribution is 2.64. The van der Waals surface area contributed by atoms with Gasteiger partial charge in [-0.25, -0.2) is 4.39 Å². The average Bonchev–Trinajstić information content (AvgIpc) is 2.20. The second-order valence-corrected chi connectivity index (χ2v) is 11.3. The third-order valence-corrected chi connectivity index (χ3v) is 8.66. The molecule has 90 valence electrons. The summed E-state index contributed by atoms with van der Waals surface area (Å²) in [5, 5.41) is 0. The van der Waals surface area contributed by atoms with Crippen molar-refractivity contribution in [3.63, 3.8) is 0 Å². The zero-order chi connectivity index (χ0) is 12.2. The maximum atomic E-state index is 12.7. The molecule has 1 unspecified atom stereocenters. The summed E-state index contributed by atoms with van der Waals surface area (Å²) in [6, 6.07) is 6.20. The highest BCUT2D eigenvalue weighted by Gasteiger charge is 2.20. The summed E-state index contributed by atoms with van der Waals surface area (Å²) in [6.07, 6.45) is 0.0533. The molecule has 16 heavy (non-hydrogen) atoms. The lowest BCUT2D eigenvalue weighted by Crippen LogP contribution is -1.99. The minimum Gasteiger partial charge on any atom is -0.337 e. The van der Waals surface area contributed by atoms with Gasteiger partial charge in [-0.1, -0.05) is 23.2 Å². The molecule has 1 atom stereocenters. The van der Waals surface area contributed by atoms with Crippen LogP contribution in [0.15, 0.2) is 29.2 Å². The highest BCUT2D eigenvalue weighted by atomic mass is 35.5. The minimum atomic E-state index is -2.10. The minimum absolute atomic E-state index is 0.0533. The van der Waals surface area contributed by atoms with Gasteiger partial charge in [-0.3, -0.25) is 0 Å². The molecule has 0 saturated carbocycles. The van der Waals surface area contributed by atoms with Gasteiger partial charge in [-0.15, -0.1) is 11.6 Å². The van der Waals surface area contributed by atoms with E-state index in [1.807, 2.05) is 13.8 Å². The van der Waals surface area contributed by atoms with E-state index in [-0.39, 0.29) is 11.9 Å².